The van der Waals surface area contributed by atoms with Gasteiger partial charge in [0, 0.05) is 12.7 Å². The van der Waals surface area contributed by atoms with Gasteiger partial charge >= 0.3 is 0 Å². The fraction of sp³-hybridized carbons (Fsp3) is 0.421. The summed E-state index contributed by atoms with van der Waals surface area (Å²) in [4.78, 5) is 6.63. The zero-order valence-corrected chi connectivity index (χ0v) is 12.9. The second-order valence-corrected chi connectivity index (χ2v) is 6.11. The van der Waals surface area contributed by atoms with E-state index in [1.807, 2.05) is 18.2 Å². The van der Waals surface area contributed by atoms with Crippen molar-refractivity contribution < 1.29 is 5.11 Å². The van der Waals surface area contributed by atoms with Crippen LogP contribution in [0.5, 0.6) is 0 Å². The van der Waals surface area contributed by atoms with E-state index in [-0.39, 0.29) is 0 Å². The highest BCUT2D eigenvalue weighted by Gasteiger charge is 2.20. The third kappa shape index (κ3) is 3.93. The van der Waals surface area contributed by atoms with Gasteiger partial charge in [-0.2, -0.15) is 0 Å². The van der Waals surface area contributed by atoms with Crippen LogP contribution in [-0.4, -0.2) is 34.6 Å². The van der Waals surface area contributed by atoms with Crippen molar-refractivity contribution in [1.29, 1.82) is 0 Å². The summed E-state index contributed by atoms with van der Waals surface area (Å²) in [7, 11) is 0. The van der Waals surface area contributed by atoms with E-state index in [1.165, 1.54) is 24.8 Å². The van der Waals surface area contributed by atoms with Crippen LogP contribution in [0.2, 0.25) is 0 Å². The van der Waals surface area contributed by atoms with Crippen molar-refractivity contribution >= 4 is 0 Å². The summed E-state index contributed by atoms with van der Waals surface area (Å²) < 4.78 is 0. The van der Waals surface area contributed by atoms with Crippen LogP contribution in [0.25, 0.3) is 0 Å². The Morgan fingerprint density at radius 1 is 1.05 bits per heavy atom. The summed E-state index contributed by atoms with van der Waals surface area (Å²) in [6.07, 6.45) is 4.84. The molecule has 3 heteroatoms. The van der Waals surface area contributed by atoms with Gasteiger partial charge in [0.15, 0.2) is 0 Å². The lowest BCUT2D eigenvalue weighted by Gasteiger charge is -2.23. The lowest BCUT2D eigenvalue weighted by molar-refractivity contribution is 0.111. The zero-order valence-electron chi connectivity index (χ0n) is 12.9. The fourth-order valence-corrected chi connectivity index (χ4v) is 3.31. The van der Waals surface area contributed by atoms with Gasteiger partial charge in [-0.25, -0.2) is 0 Å². The van der Waals surface area contributed by atoms with E-state index in [0.717, 1.165) is 18.8 Å². The number of hydrogen-bond acceptors (Lipinski definition) is 3. The Kier molecular flexibility index (Phi) is 5.20. The minimum absolute atomic E-state index is 0.491. The molecule has 1 aromatic carbocycles. The summed E-state index contributed by atoms with van der Waals surface area (Å²) in [6, 6.07) is 16.5. The molecule has 1 saturated heterocycles. The lowest BCUT2D eigenvalue weighted by atomic mass is 9.92. The first-order chi connectivity index (χ1) is 10.8. The third-order valence-electron chi connectivity index (χ3n) is 4.55. The van der Waals surface area contributed by atoms with Gasteiger partial charge in [-0.15, -0.1) is 0 Å². The maximum Gasteiger partial charge on any atom is 0.109 e. The molecule has 1 aliphatic rings. The minimum atomic E-state index is -0.491. The number of pyridine rings is 1. The average molecular weight is 296 g/mol. The van der Waals surface area contributed by atoms with Crippen LogP contribution >= 0.6 is 0 Å². The molecule has 22 heavy (non-hydrogen) atoms. The predicted octanol–water partition coefficient (Wildman–Crippen LogP) is 3.38. The molecule has 2 heterocycles. The summed E-state index contributed by atoms with van der Waals surface area (Å²) in [5, 5.41) is 10.3. The molecule has 0 radical (unpaired) electrons. The van der Waals surface area contributed by atoms with Crippen molar-refractivity contribution in [3.63, 3.8) is 0 Å². The number of hydrogen-bond donors (Lipinski definition) is 1. The largest absolute Gasteiger partial charge is 0.385 e. The monoisotopic (exact) mass is 296 g/mol. The van der Waals surface area contributed by atoms with Gasteiger partial charge < -0.3 is 10.0 Å². The van der Waals surface area contributed by atoms with E-state index >= 15 is 0 Å². The molecule has 0 amide bonds. The predicted molar refractivity (Wildman–Crippen MR) is 88.7 cm³/mol. The quantitative estimate of drug-likeness (QED) is 0.939. The summed E-state index contributed by atoms with van der Waals surface area (Å²) in [6.45, 7) is 2.79. The molecule has 1 N–H and O–H groups in total. The SMILES string of the molecule is OC(CN1CCCC(c2ccccc2)CC1)c1ccccn1. The number of rotatable bonds is 4. The van der Waals surface area contributed by atoms with Gasteiger partial charge in [-0.1, -0.05) is 36.4 Å². The number of aliphatic hydroxyl groups excluding tert-OH is 1. The second-order valence-electron chi connectivity index (χ2n) is 6.11. The molecule has 116 valence electrons. The normalized spacial score (nSPS) is 21.2. The molecule has 2 atom stereocenters. The first kappa shape index (κ1) is 15.2. The second kappa shape index (κ2) is 7.52. The Hall–Kier alpha value is -1.71. The Morgan fingerprint density at radius 2 is 1.86 bits per heavy atom. The number of nitrogens with zero attached hydrogens (tertiary/aromatic N) is 2. The van der Waals surface area contributed by atoms with Crippen LogP contribution in [0, 0.1) is 0 Å². The Bertz CT molecular complexity index is 558. The maximum absolute atomic E-state index is 10.3. The van der Waals surface area contributed by atoms with E-state index < -0.39 is 6.10 Å². The van der Waals surface area contributed by atoms with E-state index in [2.05, 4.69) is 40.2 Å². The summed E-state index contributed by atoms with van der Waals surface area (Å²) in [5.74, 6) is 0.651. The van der Waals surface area contributed by atoms with Gasteiger partial charge in [0.1, 0.15) is 6.10 Å². The van der Waals surface area contributed by atoms with Crippen LogP contribution in [0.1, 0.15) is 42.5 Å². The molecule has 2 unspecified atom stereocenters. The number of aromatic nitrogens is 1. The Balaban J connectivity index is 1.57. The van der Waals surface area contributed by atoms with Gasteiger partial charge in [0.25, 0.3) is 0 Å². The molecule has 2 aromatic rings. The number of β-amino-alcohol motifs (C(OH)–C–C–N with tert-alkyl or cyclic N) is 1. The molecule has 3 nitrogen and oxygen atoms in total. The standard InChI is InChI=1S/C19H24N2O/c22-19(18-10-4-5-12-20-18)15-21-13-6-9-17(11-14-21)16-7-2-1-3-8-16/h1-5,7-8,10,12,17,19,22H,6,9,11,13-15H2. The van der Waals surface area contributed by atoms with Crippen molar-refractivity contribution in [1.82, 2.24) is 9.88 Å². The highest BCUT2D eigenvalue weighted by molar-refractivity contribution is 5.19. The maximum atomic E-state index is 10.3. The third-order valence-corrected chi connectivity index (χ3v) is 4.55. The molecule has 3 rings (SSSR count). The fourth-order valence-electron chi connectivity index (χ4n) is 3.31. The van der Waals surface area contributed by atoms with E-state index in [4.69, 9.17) is 0 Å². The van der Waals surface area contributed by atoms with Gasteiger partial charge in [-0.05, 0) is 56.0 Å². The van der Waals surface area contributed by atoms with Gasteiger partial charge in [-0.3, -0.25) is 4.98 Å². The van der Waals surface area contributed by atoms with Crippen LogP contribution < -0.4 is 0 Å². The summed E-state index contributed by atoms with van der Waals surface area (Å²) in [5.41, 5.74) is 2.22. The molecule has 1 aliphatic heterocycles. The minimum Gasteiger partial charge on any atom is -0.385 e. The van der Waals surface area contributed by atoms with Crippen LogP contribution in [0.3, 0.4) is 0 Å². The molecule has 0 saturated carbocycles. The van der Waals surface area contributed by atoms with Crippen molar-refractivity contribution in [2.24, 2.45) is 0 Å². The first-order valence-corrected chi connectivity index (χ1v) is 8.19. The number of aliphatic hydroxyl groups is 1. The van der Waals surface area contributed by atoms with Crippen molar-refractivity contribution in [3.8, 4) is 0 Å². The van der Waals surface area contributed by atoms with Crippen LogP contribution in [0.4, 0.5) is 0 Å². The van der Waals surface area contributed by atoms with Crippen LogP contribution in [-0.2, 0) is 0 Å². The van der Waals surface area contributed by atoms with Gasteiger partial charge in [0.2, 0.25) is 0 Å². The molecular formula is C19H24N2O. The zero-order chi connectivity index (χ0) is 15.2. The van der Waals surface area contributed by atoms with E-state index in [9.17, 15) is 5.11 Å². The smallest absolute Gasteiger partial charge is 0.109 e. The van der Waals surface area contributed by atoms with Crippen molar-refractivity contribution in [3.05, 3.63) is 66.0 Å². The molecule has 1 fully saturated rings. The van der Waals surface area contributed by atoms with Gasteiger partial charge in [0.05, 0.1) is 5.69 Å². The first-order valence-electron chi connectivity index (χ1n) is 8.19. The highest BCUT2D eigenvalue weighted by atomic mass is 16.3. The molecule has 0 aliphatic carbocycles. The van der Waals surface area contributed by atoms with Crippen LogP contribution in [0.15, 0.2) is 54.7 Å². The highest BCUT2D eigenvalue weighted by Crippen LogP contribution is 2.28. The molecular weight excluding hydrogens is 272 g/mol. The number of benzene rings is 1. The molecule has 0 spiro atoms. The van der Waals surface area contributed by atoms with E-state index in [0.29, 0.717) is 12.5 Å². The molecule has 1 aromatic heterocycles. The van der Waals surface area contributed by atoms with E-state index in [1.54, 1.807) is 6.20 Å². The lowest BCUT2D eigenvalue weighted by Crippen LogP contribution is -2.30. The van der Waals surface area contributed by atoms with Crippen molar-refractivity contribution in [2.75, 3.05) is 19.6 Å². The Labute approximate surface area is 132 Å². The average Bonchev–Trinajstić information content (AvgIpc) is 2.82. The number of likely N-dealkylation sites (tertiary alicyclic amines) is 1. The molecule has 0 bridgehead atoms. The summed E-state index contributed by atoms with van der Waals surface area (Å²) >= 11 is 0. The topological polar surface area (TPSA) is 36.4 Å². The van der Waals surface area contributed by atoms with Crippen molar-refractivity contribution in [2.45, 2.75) is 31.3 Å². The Morgan fingerprint density at radius 3 is 2.64 bits per heavy atom.